The molecule has 0 aromatic heterocycles. The second-order valence-electron chi connectivity index (χ2n) is 5.27. The third-order valence-corrected chi connectivity index (χ3v) is 3.25. The summed E-state index contributed by atoms with van der Waals surface area (Å²) in [6.07, 6.45) is 0.891. The Bertz CT molecular complexity index is 603. The molecule has 2 aromatic carbocycles. The lowest BCUT2D eigenvalue weighted by molar-refractivity contribution is -0.117. The molecule has 0 fully saturated rings. The highest BCUT2D eigenvalue weighted by Gasteiger charge is 2.07. The molecule has 4 nitrogen and oxygen atoms in total. The van der Waals surface area contributed by atoms with Crippen LogP contribution in [0.1, 0.15) is 18.1 Å². The maximum absolute atomic E-state index is 11.6. The van der Waals surface area contributed by atoms with E-state index in [-0.39, 0.29) is 18.3 Å². The van der Waals surface area contributed by atoms with Crippen LogP contribution in [-0.4, -0.2) is 18.6 Å². The summed E-state index contributed by atoms with van der Waals surface area (Å²) in [6.45, 7) is 2.85. The van der Waals surface area contributed by atoms with Gasteiger partial charge in [-0.3, -0.25) is 4.79 Å². The highest BCUT2D eigenvalue weighted by molar-refractivity contribution is 5.94. The van der Waals surface area contributed by atoms with Gasteiger partial charge in [0.2, 0.25) is 5.91 Å². The van der Waals surface area contributed by atoms with Crippen LogP contribution in [0.5, 0.6) is 0 Å². The van der Waals surface area contributed by atoms with Crippen LogP contribution < -0.4 is 11.1 Å². The quantitative estimate of drug-likeness (QED) is 0.764. The molecule has 1 amide bonds. The van der Waals surface area contributed by atoms with Crippen LogP contribution in [0.25, 0.3) is 0 Å². The van der Waals surface area contributed by atoms with E-state index in [1.165, 1.54) is 5.56 Å². The van der Waals surface area contributed by atoms with Gasteiger partial charge in [0.25, 0.3) is 0 Å². The van der Waals surface area contributed by atoms with Crippen LogP contribution >= 0.6 is 12.4 Å². The van der Waals surface area contributed by atoms with Gasteiger partial charge in [0.05, 0.1) is 19.3 Å². The molecule has 0 aliphatic rings. The zero-order valence-electron chi connectivity index (χ0n) is 13.2. The molecule has 3 N–H and O–H groups in total. The van der Waals surface area contributed by atoms with E-state index >= 15 is 0 Å². The largest absolute Gasteiger partial charge is 0.376 e. The molecule has 0 saturated heterocycles. The third-order valence-electron chi connectivity index (χ3n) is 3.25. The van der Waals surface area contributed by atoms with E-state index in [4.69, 9.17) is 10.5 Å². The lowest BCUT2D eigenvalue weighted by atomic mass is 10.2. The van der Waals surface area contributed by atoms with Gasteiger partial charge in [0.15, 0.2) is 0 Å². The Balaban J connectivity index is 0.00000264. The van der Waals surface area contributed by atoms with Crippen LogP contribution in [-0.2, 0) is 22.6 Å². The van der Waals surface area contributed by atoms with Crippen molar-refractivity contribution in [3.63, 3.8) is 0 Å². The van der Waals surface area contributed by atoms with Gasteiger partial charge in [-0.25, -0.2) is 0 Å². The molecule has 2 aromatic rings. The smallest absolute Gasteiger partial charge is 0.240 e. The number of nitrogens with two attached hydrogens (primary N) is 1. The molecule has 0 unspecified atom stereocenters. The number of carbonyl (C=O) groups is 1. The van der Waals surface area contributed by atoms with Crippen LogP contribution in [0.15, 0.2) is 54.6 Å². The van der Waals surface area contributed by atoms with Crippen molar-refractivity contribution in [3.8, 4) is 0 Å². The molecule has 0 radical (unpaired) electrons. The maximum atomic E-state index is 11.6. The molecule has 0 aliphatic carbocycles. The first-order valence-electron chi connectivity index (χ1n) is 7.42. The lowest BCUT2D eigenvalue weighted by Gasteiger charge is -2.10. The van der Waals surface area contributed by atoms with Crippen molar-refractivity contribution in [1.29, 1.82) is 0 Å². The molecule has 2 rings (SSSR count). The van der Waals surface area contributed by atoms with Crippen molar-refractivity contribution in [2.24, 2.45) is 5.73 Å². The summed E-state index contributed by atoms with van der Waals surface area (Å²) in [4.78, 5) is 11.6. The van der Waals surface area contributed by atoms with E-state index in [2.05, 4.69) is 17.4 Å². The summed E-state index contributed by atoms with van der Waals surface area (Å²) < 4.78 is 5.69. The van der Waals surface area contributed by atoms with Gasteiger partial charge in [0, 0.05) is 5.69 Å². The fourth-order valence-electron chi connectivity index (χ4n) is 2.02. The van der Waals surface area contributed by atoms with Gasteiger partial charge in [-0.05, 0) is 36.6 Å². The van der Waals surface area contributed by atoms with Crippen molar-refractivity contribution >= 4 is 24.0 Å². The second kappa shape index (κ2) is 10.0. The van der Waals surface area contributed by atoms with E-state index in [1.807, 2.05) is 42.5 Å². The number of ether oxygens (including phenoxy) is 1. The molecule has 0 spiro atoms. The van der Waals surface area contributed by atoms with Crippen molar-refractivity contribution in [1.82, 2.24) is 0 Å². The van der Waals surface area contributed by atoms with Crippen molar-refractivity contribution in [2.45, 2.75) is 26.0 Å². The fourth-order valence-corrected chi connectivity index (χ4v) is 2.02. The normalized spacial score (nSPS) is 11.4. The Morgan fingerprint density at radius 2 is 1.83 bits per heavy atom. The Hall–Kier alpha value is -1.88. The van der Waals surface area contributed by atoms with Crippen molar-refractivity contribution in [3.05, 3.63) is 65.7 Å². The fraction of sp³-hybridized carbons (Fsp3) is 0.278. The molecule has 0 bridgehead atoms. The minimum atomic E-state index is -0.522. The summed E-state index contributed by atoms with van der Waals surface area (Å²) in [5.74, 6) is -0.192. The van der Waals surface area contributed by atoms with Gasteiger partial charge < -0.3 is 15.8 Å². The lowest BCUT2D eigenvalue weighted by Crippen LogP contribution is -2.32. The zero-order chi connectivity index (χ0) is 15.8. The molecule has 0 saturated carbocycles. The van der Waals surface area contributed by atoms with E-state index < -0.39 is 6.04 Å². The van der Waals surface area contributed by atoms with Crippen LogP contribution in [0.2, 0.25) is 0 Å². The van der Waals surface area contributed by atoms with E-state index in [0.29, 0.717) is 13.2 Å². The molecule has 0 heterocycles. The molecule has 23 heavy (non-hydrogen) atoms. The van der Waals surface area contributed by atoms with Gasteiger partial charge in [0.1, 0.15) is 0 Å². The highest BCUT2D eigenvalue weighted by atomic mass is 35.5. The SMILES string of the molecule is C[C@@H](N)C(=O)Nc1cccc(COCCc2ccccc2)c1.Cl. The van der Waals surface area contributed by atoms with Crippen LogP contribution in [0.4, 0.5) is 5.69 Å². The van der Waals surface area contributed by atoms with Crippen LogP contribution in [0.3, 0.4) is 0 Å². The second-order valence-corrected chi connectivity index (χ2v) is 5.27. The molecule has 124 valence electrons. The number of rotatable bonds is 7. The first-order valence-corrected chi connectivity index (χ1v) is 7.42. The number of halogens is 1. The first-order chi connectivity index (χ1) is 10.6. The Morgan fingerprint density at radius 3 is 2.52 bits per heavy atom. The minimum absolute atomic E-state index is 0. The van der Waals surface area contributed by atoms with Crippen molar-refractivity contribution in [2.75, 3.05) is 11.9 Å². The molecule has 5 heteroatoms. The number of benzene rings is 2. The Morgan fingerprint density at radius 1 is 1.13 bits per heavy atom. The average Bonchev–Trinajstić information content (AvgIpc) is 2.53. The summed E-state index contributed by atoms with van der Waals surface area (Å²) in [6, 6.07) is 17.3. The third kappa shape index (κ3) is 6.82. The Kier molecular flexibility index (Phi) is 8.33. The number of anilines is 1. The van der Waals surface area contributed by atoms with E-state index in [9.17, 15) is 4.79 Å². The predicted octanol–water partition coefficient (Wildman–Crippen LogP) is 3.15. The maximum Gasteiger partial charge on any atom is 0.240 e. The standard InChI is InChI=1S/C18H22N2O2.ClH/c1-14(19)18(21)20-17-9-5-8-16(12-17)13-22-11-10-15-6-3-2-4-7-15;/h2-9,12,14H,10-11,13,19H2,1H3,(H,20,21);1H/t14-;/m1./s1. The number of hydrogen-bond donors (Lipinski definition) is 2. The predicted molar refractivity (Wildman–Crippen MR) is 95.8 cm³/mol. The van der Waals surface area contributed by atoms with E-state index in [1.54, 1.807) is 6.92 Å². The Labute approximate surface area is 143 Å². The zero-order valence-corrected chi connectivity index (χ0v) is 14.0. The number of hydrogen-bond acceptors (Lipinski definition) is 3. The number of amides is 1. The molecule has 0 aliphatic heterocycles. The number of carbonyl (C=O) groups excluding carboxylic acids is 1. The van der Waals surface area contributed by atoms with Gasteiger partial charge in [-0.1, -0.05) is 42.5 Å². The van der Waals surface area contributed by atoms with Gasteiger partial charge in [-0.15, -0.1) is 12.4 Å². The van der Waals surface area contributed by atoms with Crippen LogP contribution in [0, 0.1) is 0 Å². The topological polar surface area (TPSA) is 64.4 Å². The number of nitrogens with one attached hydrogen (secondary N) is 1. The summed E-state index contributed by atoms with van der Waals surface area (Å²) >= 11 is 0. The molecule has 1 atom stereocenters. The summed E-state index contributed by atoms with van der Waals surface area (Å²) in [5, 5.41) is 2.78. The highest BCUT2D eigenvalue weighted by Crippen LogP contribution is 2.12. The molecular weight excluding hydrogens is 312 g/mol. The van der Waals surface area contributed by atoms with E-state index in [0.717, 1.165) is 17.7 Å². The minimum Gasteiger partial charge on any atom is -0.376 e. The van der Waals surface area contributed by atoms with Crippen molar-refractivity contribution < 1.29 is 9.53 Å². The average molecular weight is 335 g/mol. The first kappa shape index (κ1) is 19.2. The van der Waals surface area contributed by atoms with Gasteiger partial charge in [-0.2, -0.15) is 0 Å². The molecular formula is C18H23ClN2O2. The summed E-state index contributed by atoms with van der Waals surface area (Å²) in [7, 11) is 0. The van der Waals surface area contributed by atoms with Gasteiger partial charge >= 0.3 is 0 Å². The summed E-state index contributed by atoms with van der Waals surface area (Å²) in [5.41, 5.74) is 8.57. The monoisotopic (exact) mass is 334 g/mol.